The maximum absolute atomic E-state index is 11.1. The zero-order valence-electron chi connectivity index (χ0n) is 10.3. The molecule has 0 spiro atoms. The molecule has 0 aromatic rings. The summed E-state index contributed by atoms with van der Waals surface area (Å²) in [5.74, 6) is -0.945. The molecule has 0 atom stereocenters. The summed E-state index contributed by atoms with van der Waals surface area (Å²) in [6, 6.07) is 0. The topological polar surface area (TPSA) is 44.8 Å². The monoisotopic (exact) mass is 230 g/mol. The van der Waals surface area contributed by atoms with Gasteiger partial charge < -0.3 is 14.2 Å². The molecule has 0 unspecified atom stereocenters. The molecule has 1 saturated carbocycles. The van der Waals surface area contributed by atoms with Gasteiger partial charge in [0.2, 0.25) is 5.79 Å². The molecule has 0 saturated heterocycles. The van der Waals surface area contributed by atoms with Gasteiger partial charge in [-0.1, -0.05) is 6.42 Å². The van der Waals surface area contributed by atoms with Gasteiger partial charge in [0.15, 0.2) is 0 Å². The van der Waals surface area contributed by atoms with Crippen LogP contribution in [0, 0.1) is 0 Å². The Bertz CT molecular complexity index is 209. The van der Waals surface area contributed by atoms with Gasteiger partial charge in [-0.25, -0.2) is 0 Å². The van der Waals surface area contributed by atoms with Gasteiger partial charge in [0.1, 0.15) is 0 Å². The van der Waals surface area contributed by atoms with Crippen LogP contribution in [0.2, 0.25) is 0 Å². The molecular weight excluding hydrogens is 208 g/mol. The smallest absolute Gasteiger partial charge is 0.305 e. The van der Waals surface area contributed by atoms with Crippen molar-refractivity contribution in [2.24, 2.45) is 0 Å². The van der Waals surface area contributed by atoms with Crippen molar-refractivity contribution < 1.29 is 19.0 Å². The third kappa shape index (κ3) is 4.49. The summed E-state index contributed by atoms with van der Waals surface area (Å²) in [6.45, 7) is 5.11. The van der Waals surface area contributed by atoms with Crippen molar-refractivity contribution in [3.8, 4) is 0 Å². The lowest BCUT2D eigenvalue weighted by atomic mass is 9.94. The average molecular weight is 230 g/mol. The molecule has 4 heteroatoms. The quantitative estimate of drug-likeness (QED) is 0.399. The van der Waals surface area contributed by atoms with Crippen LogP contribution < -0.4 is 0 Å². The Balaban J connectivity index is 2.39. The fraction of sp³-hybridized carbons (Fsp3) is 0.917. The van der Waals surface area contributed by atoms with E-state index >= 15 is 0 Å². The first-order valence-electron chi connectivity index (χ1n) is 6.10. The van der Waals surface area contributed by atoms with Crippen LogP contribution in [0.15, 0.2) is 0 Å². The number of carbonyl (C=O) groups is 1. The van der Waals surface area contributed by atoms with Gasteiger partial charge in [-0.15, -0.1) is 0 Å². The molecule has 1 rings (SSSR count). The Labute approximate surface area is 97.2 Å². The van der Waals surface area contributed by atoms with E-state index in [0.717, 1.165) is 25.7 Å². The van der Waals surface area contributed by atoms with Crippen LogP contribution in [0.5, 0.6) is 0 Å². The van der Waals surface area contributed by atoms with Crippen molar-refractivity contribution in [2.75, 3.05) is 19.8 Å². The van der Waals surface area contributed by atoms with Crippen LogP contribution in [0.1, 0.15) is 46.0 Å². The van der Waals surface area contributed by atoms with Crippen LogP contribution in [-0.4, -0.2) is 31.6 Å². The molecule has 4 nitrogen and oxygen atoms in total. The maximum atomic E-state index is 11.1. The standard InChI is InChI=1S/C12H22O4/c1-3-14-9-10-15-12(16-11(2)13)7-5-4-6-8-12/h3-10H2,1-2H3. The van der Waals surface area contributed by atoms with Crippen molar-refractivity contribution in [1.82, 2.24) is 0 Å². The molecule has 0 aliphatic heterocycles. The third-order valence-corrected chi connectivity index (χ3v) is 2.74. The van der Waals surface area contributed by atoms with E-state index in [1.165, 1.54) is 13.3 Å². The van der Waals surface area contributed by atoms with Gasteiger partial charge in [0, 0.05) is 26.4 Å². The first-order valence-corrected chi connectivity index (χ1v) is 6.10. The zero-order chi connectivity index (χ0) is 11.9. The highest BCUT2D eigenvalue weighted by atomic mass is 16.7. The van der Waals surface area contributed by atoms with Crippen molar-refractivity contribution in [3.63, 3.8) is 0 Å². The van der Waals surface area contributed by atoms with Crippen LogP contribution in [0.25, 0.3) is 0 Å². The lowest BCUT2D eigenvalue weighted by molar-refractivity contribution is -0.246. The molecular formula is C12H22O4. The summed E-state index contributed by atoms with van der Waals surface area (Å²) in [5, 5.41) is 0. The second-order valence-corrected chi connectivity index (χ2v) is 4.11. The van der Waals surface area contributed by atoms with Crippen LogP contribution in [0.3, 0.4) is 0 Å². The lowest BCUT2D eigenvalue weighted by Crippen LogP contribution is -2.40. The highest BCUT2D eigenvalue weighted by Crippen LogP contribution is 2.32. The highest BCUT2D eigenvalue weighted by Gasteiger charge is 2.36. The van der Waals surface area contributed by atoms with E-state index in [1.54, 1.807) is 0 Å². The van der Waals surface area contributed by atoms with E-state index in [2.05, 4.69) is 0 Å². The Morgan fingerprint density at radius 1 is 1.19 bits per heavy atom. The van der Waals surface area contributed by atoms with Crippen molar-refractivity contribution in [1.29, 1.82) is 0 Å². The molecule has 16 heavy (non-hydrogen) atoms. The molecule has 1 aliphatic rings. The minimum atomic E-state index is -0.679. The van der Waals surface area contributed by atoms with Gasteiger partial charge in [-0.05, 0) is 19.8 Å². The summed E-state index contributed by atoms with van der Waals surface area (Å²) in [4.78, 5) is 11.1. The van der Waals surface area contributed by atoms with Gasteiger partial charge >= 0.3 is 5.97 Å². The molecule has 0 aromatic carbocycles. The van der Waals surface area contributed by atoms with Crippen molar-refractivity contribution in [3.05, 3.63) is 0 Å². The highest BCUT2D eigenvalue weighted by molar-refractivity contribution is 5.66. The van der Waals surface area contributed by atoms with Crippen molar-refractivity contribution in [2.45, 2.75) is 51.7 Å². The van der Waals surface area contributed by atoms with Gasteiger partial charge in [0.25, 0.3) is 0 Å². The SMILES string of the molecule is CCOCCOC1(OC(C)=O)CCCCC1. The Morgan fingerprint density at radius 2 is 1.88 bits per heavy atom. The number of ether oxygens (including phenoxy) is 3. The van der Waals surface area contributed by atoms with E-state index in [0.29, 0.717) is 19.8 Å². The first-order chi connectivity index (χ1) is 7.68. The van der Waals surface area contributed by atoms with Crippen molar-refractivity contribution >= 4 is 5.97 Å². The van der Waals surface area contributed by atoms with Gasteiger partial charge in [-0.3, -0.25) is 4.79 Å². The van der Waals surface area contributed by atoms with Crippen LogP contribution in [-0.2, 0) is 19.0 Å². The summed E-state index contributed by atoms with van der Waals surface area (Å²) in [7, 11) is 0. The second-order valence-electron chi connectivity index (χ2n) is 4.11. The second kappa shape index (κ2) is 6.86. The minimum absolute atomic E-state index is 0.265. The van der Waals surface area contributed by atoms with Crippen LogP contribution in [0.4, 0.5) is 0 Å². The van der Waals surface area contributed by atoms with Crippen LogP contribution >= 0.6 is 0 Å². The average Bonchev–Trinajstić information content (AvgIpc) is 2.25. The fourth-order valence-corrected chi connectivity index (χ4v) is 2.06. The van der Waals surface area contributed by atoms with E-state index in [-0.39, 0.29) is 5.97 Å². The fourth-order valence-electron chi connectivity index (χ4n) is 2.06. The summed E-state index contributed by atoms with van der Waals surface area (Å²) < 4.78 is 16.3. The predicted octanol–water partition coefficient (Wildman–Crippen LogP) is 2.26. The predicted molar refractivity (Wildman–Crippen MR) is 60.0 cm³/mol. The molecule has 1 aliphatic carbocycles. The molecule has 94 valence electrons. The summed E-state index contributed by atoms with van der Waals surface area (Å²) in [6.07, 6.45) is 4.92. The number of esters is 1. The number of rotatable bonds is 6. The van der Waals surface area contributed by atoms with Gasteiger partial charge in [0.05, 0.1) is 13.2 Å². The summed E-state index contributed by atoms with van der Waals surface area (Å²) >= 11 is 0. The van der Waals surface area contributed by atoms with E-state index < -0.39 is 5.79 Å². The van der Waals surface area contributed by atoms with E-state index in [4.69, 9.17) is 14.2 Å². The molecule has 0 bridgehead atoms. The number of hydrogen-bond donors (Lipinski definition) is 0. The minimum Gasteiger partial charge on any atom is -0.433 e. The Kier molecular flexibility index (Phi) is 5.77. The molecule has 0 amide bonds. The Morgan fingerprint density at radius 3 is 2.44 bits per heavy atom. The zero-order valence-corrected chi connectivity index (χ0v) is 10.3. The van der Waals surface area contributed by atoms with E-state index in [1.807, 2.05) is 6.92 Å². The number of hydrogen-bond acceptors (Lipinski definition) is 4. The lowest BCUT2D eigenvalue weighted by Gasteiger charge is -2.36. The largest absolute Gasteiger partial charge is 0.433 e. The molecule has 1 fully saturated rings. The van der Waals surface area contributed by atoms with E-state index in [9.17, 15) is 4.79 Å². The normalized spacial score (nSPS) is 19.4. The van der Waals surface area contributed by atoms with Gasteiger partial charge in [-0.2, -0.15) is 0 Å². The third-order valence-electron chi connectivity index (χ3n) is 2.74. The molecule has 0 heterocycles. The molecule has 0 aromatic heterocycles. The number of carbonyl (C=O) groups excluding carboxylic acids is 1. The first kappa shape index (κ1) is 13.5. The summed E-state index contributed by atoms with van der Waals surface area (Å²) in [5.41, 5.74) is 0. The molecule has 0 N–H and O–H groups in total. The molecule has 0 radical (unpaired) electrons. The Hall–Kier alpha value is -0.610. The maximum Gasteiger partial charge on any atom is 0.305 e.